The van der Waals surface area contributed by atoms with Crippen LogP contribution < -0.4 is 5.32 Å². The summed E-state index contributed by atoms with van der Waals surface area (Å²) in [6.07, 6.45) is 0.995. The molecule has 2 heterocycles. The third kappa shape index (κ3) is 2.48. The van der Waals surface area contributed by atoms with Crippen molar-refractivity contribution in [3.8, 4) is 0 Å². The summed E-state index contributed by atoms with van der Waals surface area (Å²) in [5.74, 6) is 1.16. The van der Waals surface area contributed by atoms with Gasteiger partial charge in [-0.05, 0) is 59.4 Å². The zero-order chi connectivity index (χ0) is 13.6. The molecule has 0 bridgehead atoms. The Morgan fingerprint density at radius 1 is 1.39 bits per heavy atom. The van der Waals surface area contributed by atoms with E-state index < -0.39 is 5.60 Å². The lowest BCUT2D eigenvalue weighted by Gasteiger charge is -2.38. The zero-order valence-electron chi connectivity index (χ0n) is 12.2. The minimum absolute atomic E-state index is 0.111. The summed E-state index contributed by atoms with van der Waals surface area (Å²) in [5.41, 5.74) is -0.528. The van der Waals surface area contributed by atoms with Gasteiger partial charge in [-0.2, -0.15) is 0 Å². The Bertz CT molecular complexity index is 333. The number of fused-ring (bicyclic) bond motifs is 1. The van der Waals surface area contributed by atoms with E-state index >= 15 is 0 Å². The molecule has 0 aromatic heterocycles. The summed E-state index contributed by atoms with van der Waals surface area (Å²) in [4.78, 5) is 14.2. The Hall–Kier alpha value is -0.770. The molecule has 2 aliphatic rings. The predicted molar refractivity (Wildman–Crippen MR) is 71.5 cm³/mol. The van der Waals surface area contributed by atoms with Crippen molar-refractivity contribution >= 4 is 6.09 Å². The number of piperidine rings is 1. The summed E-state index contributed by atoms with van der Waals surface area (Å²) in [6, 6.07) is 0. The number of hydrogen-bond acceptors (Lipinski definition) is 3. The van der Waals surface area contributed by atoms with E-state index in [0.29, 0.717) is 11.8 Å². The molecule has 0 saturated carbocycles. The number of carbonyl (C=O) groups excluding carboxylic acids is 1. The normalized spacial score (nSPS) is 31.1. The molecular weight excluding hydrogens is 228 g/mol. The van der Waals surface area contributed by atoms with Crippen LogP contribution in [0.15, 0.2) is 0 Å². The smallest absolute Gasteiger partial charge is 0.410 e. The Labute approximate surface area is 110 Å². The fraction of sp³-hybridized carbons (Fsp3) is 0.929. The molecule has 2 saturated heterocycles. The van der Waals surface area contributed by atoms with E-state index in [0.717, 1.165) is 26.1 Å². The van der Waals surface area contributed by atoms with E-state index in [1.807, 2.05) is 25.7 Å². The van der Waals surface area contributed by atoms with Crippen molar-refractivity contribution in [2.24, 2.45) is 11.8 Å². The highest BCUT2D eigenvalue weighted by atomic mass is 16.6. The van der Waals surface area contributed by atoms with Crippen LogP contribution in [-0.2, 0) is 4.74 Å². The van der Waals surface area contributed by atoms with Crippen molar-refractivity contribution in [3.63, 3.8) is 0 Å². The topological polar surface area (TPSA) is 41.6 Å². The van der Waals surface area contributed by atoms with Crippen LogP contribution in [0, 0.1) is 11.8 Å². The second-order valence-electron chi connectivity index (χ2n) is 7.10. The van der Waals surface area contributed by atoms with E-state index in [4.69, 9.17) is 4.74 Å². The highest BCUT2D eigenvalue weighted by Gasteiger charge is 2.51. The molecule has 2 fully saturated rings. The number of ether oxygens (including phenoxy) is 1. The second-order valence-corrected chi connectivity index (χ2v) is 7.10. The quantitative estimate of drug-likeness (QED) is 0.721. The number of likely N-dealkylation sites (tertiary alicyclic amines) is 1. The van der Waals surface area contributed by atoms with Gasteiger partial charge in [0.05, 0.1) is 0 Å². The second kappa shape index (κ2) is 4.41. The molecule has 1 N–H and O–H groups in total. The highest BCUT2D eigenvalue weighted by Crippen LogP contribution is 2.41. The van der Waals surface area contributed by atoms with Gasteiger partial charge in [0.2, 0.25) is 0 Å². The van der Waals surface area contributed by atoms with Gasteiger partial charge in [0.15, 0.2) is 0 Å². The number of carbonyl (C=O) groups is 1. The molecule has 2 unspecified atom stereocenters. The molecule has 4 nitrogen and oxygen atoms in total. The summed E-state index contributed by atoms with van der Waals surface area (Å²) < 4.78 is 5.53. The van der Waals surface area contributed by atoms with Gasteiger partial charge in [-0.1, -0.05) is 0 Å². The Morgan fingerprint density at radius 3 is 2.61 bits per heavy atom. The van der Waals surface area contributed by atoms with Gasteiger partial charge >= 0.3 is 6.09 Å². The first-order chi connectivity index (χ1) is 8.22. The average Bonchev–Trinajstić information content (AvgIpc) is 2.49. The van der Waals surface area contributed by atoms with Gasteiger partial charge in [-0.3, -0.25) is 0 Å². The first-order valence-corrected chi connectivity index (χ1v) is 6.93. The highest BCUT2D eigenvalue weighted by molar-refractivity contribution is 5.69. The number of nitrogens with zero attached hydrogens (tertiary/aromatic N) is 1. The van der Waals surface area contributed by atoms with E-state index in [1.54, 1.807) is 0 Å². The maximum Gasteiger partial charge on any atom is 0.410 e. The molecule has 104 valence electrons. The molecule has 4 heteroatoms. The van der Waals surface area contributed by atoms with Crippen LogP contribution in [0.2, 0.25) is 0 Å². The number of nitrogens with one attached hydrogen (secondary N) is 1. The molecule has 1 amide bonds. The minimum Gasteiger partial charge on any atom is -0.444 e. The summed E-state index contributed by atoms with van der Waals surface area (Å²) in [7, 11) is 0. The standard InChI is InChI=1S/C14H26N2O2/c1-13(2,3)18-12(17)16-9-10-6-7-15-8-11(10)14(16,4)5/h10-11,15H,6-9H2,1-5H3. The summed E-state index contributed by atoms with van der Waals surface area (Å²) in [6.45, 7) is 13.0. The van der Waals surface area contributed by atoms with Crippen molar-refractivity contribution in [2.75, 3.05) is 19.6 Å². The van der Waals surface area contributed by atoms with Crippen LogP contribution in [0.1, 0.15) is 41.0 Å². The van der Waals surface area contributed by atoms with E-state index in [-0.39, 0.29) is 11.6 Å². The van der Waals surface area contributed by atoms with E-state index in [9.17, 15) is 4.79 Å². The van der Waals surface area contributed by atoms with Crippen LogP contribution in [0.3, 0.4) is 0 Å². The third-order valence-electron chi connectivity index (χ3n) is 4.26. The van der Waals surface area contributed by atoms with Gasteiger partial charge < -0.3 is 15.0 Å². The fourth-order valence-electron chi connectivity index (χ4n) is 3.25. The molecule has 18 heavy (non-hydrogen) atoms. The number of amides is 1. The minimum atomic E-state index is -0.417. The maximum absolute atomic E-state index is 12.3. The van der Waals surface area contributed by atoms with Crippen molar-refractivity contribution in [1.29, 1.82) is 0 Å². The fourth-order valence-corrected chi connectivity index (χ4v) is 3.25. The Balaban J connectivity index is 2.11. The molecule has 0 spiro atoms. The summed E-state index contributed by atoms with van der Waals surface area (Å²) in [5, 5.41) is 3.44. The van der Waals surface area contributed by atoms with Gasteiger partial charge in [0, 0.05) is 18.6 Å². The first kappa shape index (κ1) is 13.7. The molecule has 2 aliphatic heterocycles. The monoisotopic (exact) mass is 254 g/mol. The molecule has 0 aromatic rings. The average molecular weight is 254 g/mol. The van der Waals surface area contributed by atoms with Crippen LogP contribution in [-0.4, -0.2) is 41.8 Å². The van der Waals surface area contributed by atoms with Gasteiger partial charge in [-0.15, -0.1) is 0 Å². The van der Waals surface area contributed by atoms with Gasteiger partial charge in [-0.25, -0.2) is 4.79 Å². The van der Waals surface area contributed by atoms with Crippen molar-refractivity contribution in [2.45, 2.75) is 52.2 Å². The van der Waals surface area contributed by atoms with Gasteiger partial charge in [0.1, 0.15) is 5.60 Å². The first-order valence-electron chi connectivity index (χ1n) is 6.93. The molecule has 0 aliphatic carbocycles. The molecule has 2 rings (SSSR count). The molecule has 2 atom stereocenters. The van der Waals surface area contributed by atoms with Crippen molar-refractivity contribution in [3.05, 3.63) is 0 Å². The van der Waals surface area contributed by atoms with E-state index in [1.165, 1.54) is 0 Å². The zero-order valence-corrected chi connectivity index (χ0v) is 12.2. The summed E-state index contributed by atoms with van der Waals surface area (Å²) >= 11 is 0. The van der Waals surface area contributed by atoms with Crippen LogP contribution in [0.4, 0.5) is 4.79 Å². The lowest BCUT2D eigenvalue weighted by Crippen LogP contribution is -2.50. The number of rotatable bonds is 0. The Morgan fingerprint density at radius 2 is 2.06 bits per heavy atom. The predicted octanol–water partition coefficient (Wildman–Crippen LogP) is 2.24. The molecular formula is C14H26N2O2. The lowest BCUT2D eigenvalue weighted by atomic mass is 9.79. The maximum atomic E-state index is 12.3. The lowest BCUT2D eigenvalue weighted by molar-refractivity contribution is 0.00904. The van der Waals surface area contributed by atoms with Crippen molar-refractivity contribution in [1.82, 2.24) is 10.2 Å². The van der Waals surface area contributed by atoms with E-state index in [2.05, 4.69) is 19.2 Å². The van der Waals surface area contributed by atoms with Gasteiger partial charge in [0.25, 0.3) is 0 Å². The Kier molecular flexibility index (Phi) is 3.34. The largest absolute Gasteiger partial charge is 0.444 e. The molecule has 0 radical (unpaired) electrons. The third-order valence-corrected chi connectivity index (χ3v) is 4.26. The van der Waals surface area contributed by atoms with Crippen LogP contribution in [0.5, 0.6) is 0 Å². The van der Waals surface area contributed by atoms with Crippen LogP contribution >= 0.6 is 0 Å². The SMILES string of the molecule is CC(C)(C)OC(=O)N1CC2CCNCC2C1(C)C. The molecule has 0 aromatic carbocycles. The van der Waals surface area contributed by atoms with Crippen LogP contribution in [0.25, 0.3) is 0 Å². The van der Waals surface area contributed by atoms with Crippen molar-refractivity contribution < 1.29 is 9.53 Å². The number of hydrogen-bond donors (Lipinski definition) is 1.